The second kappa shape index (κ2) is 26.1. The second-order valence-corrected chi connectivity index (χ2v) is 23.9. The highest BCUT2D eigenvalue weighted by Gasteiger charge is 2.52. The molecule has 11 rings (SSSR count). The first-order valence-electron chi connectivity index (χ1n) is 27.6. The monoisotopic (exact) mass is 1170 g/mol. The molecule has 432 valence electrons. The molecular formula is C58H71BClF3N10O6S2. The normalized spacial score (nSPS) is 19.7. The maximum Gasteiger partial charge on any atom is 0.495 e. The lowest BCUT2D eigenvalue weighted by atomic mass is 9.76. The van der Waals surface area contributed by atoms with Gasteiger partial charge in [-0.15, -0.1) is 22.7 Å². The number of morpholine rings is 2. The molecule has 5 aliphatic heterocycles. The molecule has 16 nitrogen and oxygen atoms in total. The van der Waals surface area contributed by atoms with Crippen LogP contribution in [0.2, 0.25) is 5.02 Å². The van der Waals surface area contributed by atoms with Gasteiger partial charge in [-0.25, -0.2) is 29.5 Å². The van der Waals surface area contributed by atoms with Crippen LogP contribution in [0.15, 0.2) is 82.4 Å². The van der Waals surface area contributed by atoms with Crippen molar-refractivity contribution in [3.63, 3.8) is 0 Å². The van der Waals surface area contributed by atoms with E-state index in [1.165, 1.54) is 4.90 Å². The number of ether oxygens (including phenoxy) is 2. The average molecular weight is 1170 g/mol. The van der Waals surface area contributed by atoms with Crippen molar-refractivity contribution in [2.24, 2.45) is 11.8 Å². The fourth-order valence-electron chi connectivity index (χ4n) is 10.2. The van der Waals surface area contributed by atoms with Crippen LogP contribution in [0.25, 0.3) is 33.9 Å². The molecule has 9 heterocycles. The molecule has 0 saturated carbocycles. The van der Waals surface area contributed by atoms with Crippen molar-refractivity contribution in [3.8, 4) is 33.9 Å². The molecule has 0 spiro atoms. The van der Waals surface area contributed by atoms with Crippen molar-refractivity contribution in [2.75, 3.05) is 99.2 Å². The number of carbonyl (C=O) groups excluding carboxylic acids is 2. The number of nitrogens with zero attached hydrogens (tertiary/aromatic N) is 8. The summed E-state index contributed by atoms with van der Waals surface area (Å²) in [5.74, 6) is 1.90. The Labute approximate surface area is 485 Å². The molecule has 6 aromatic rings. The molecule has 0 bridgehead atoms. The molecule has 4 aromatic heterocycles. The lowest BCUT2D eigenvalue weighted by Gasteiger charge is -2.32. The van der Waals surface area contributed by atoms with Crippen LogP contribution < -0.4 is 25.9 Å². The number of hydrogen-bond donors (Lipinski definition) is 2. The topological polar surface area (TPSA) is 160 Å². The molecule has 0 unspecified atom stereocenters. The number of benzene rings is 2. The van der Waals surface area contributed by atoms with Crippen molar-refractivity contribution >= 4 is 81.9 Å². The van der Waals surface area contributed by atoms with Crippen molar-refractivity contribution < 1.29 is 41.5 Å². The van der Waals surface area contributed by atoms with E-state index in [1.807, 2.05) is 80.1 Å². The Balaban J connectivity index is 0.000000153. The third kappa shape index (κ3) is 15.4. The standard InChI is InChI=1S/C26H31N5O2S.C20H28BF3N2O3.C12H12ClN3OS/c1-3-19-6-7-31(15-19)26(32)28-21-5-4-18(2)22(14-21)20-12-23(24-16-34-17-27-24)29-25(13-20)30-8-10-33-11-9-30;1-13-6-7-15(10-16(13)21-28-18(2,3)19(4,5)29-21)25-17(27)26-9-8-14(12-26)11-20(22,23)24;13-9-5-10(11-7-18-8-14-11)15-12(6-9)16-1-3-17-4-2-16/h4-5,12-14,16-17,19H,3,6-11,15H2,1-2H3,(H,28,32);6-7,10,14H,8-9,11-12H2,1-5H3,(H,25,27);5-8H,1-4H2/t19-;14-;/m10./s1. The molecule has 81 heavy (non-hydrogen) atoms. The number of aromatic nitrogens is 4. The molecule has 4 amide bonds. The number of nitrogens with one attached hydrogen (secondary N) is 2. The van der Waals surface area contributed by atoms with E-state index in [4.69, 9.17) is 35.4 Å². The zero-order valence-electron chi connectivity index (χ0n) is 47.0. The van der Waals surface area contributed by atoms with Gasteiger partial charge in [-0.3, -0.25) is 0 Å². The molecule has 23 heteroatoms. The third-order valence-electron chi connectivity index (χ3n) is 15.7. The Kier molecular flexibility index (Phi) is 19.3. The maximum atomic E-state index is 12.9. The zero-order chi connectivity index (χ0) is 57.5. The Hall–Kier alpha value is -5.88. The summed E-state index contributed by atoms with van der Waals surface area (Å²) in [7, 11) is -0.556. The number of pyridine rings is 2. The molecule has 2 aromatic carbocycles. The minimum atomic E-state index is -4.20. The van der Waals surface area contributed by atoms with Crippen LogP contribution in [0.5, 0.6) is 0 Å². The summed E-state index contributed by atoms with van der Waals surface area (Å²) in [6, 6.07) is 19.1. The van der Waals surface area contributed by atoms with E-state index in [2.05, 4.69) is 73.5 Å². The number of rotatable bonds is 10. The minimum Gasteiger partial charge on any atom is -0.399 e. The van der Waals surface area contributed by atoms with E-state index >= 15 is 0 Å². The number of hydrogen-bond acceptors (Lipinski definition) is 14. The minimum absolute atomic E-state index is 0.0161. The lowest BCUT2D eigenvalue weighted by molar-refractivity contribution is -0.143. The summed E-state index contributed by atoms with van der Waals surface area (Å²) in [4.78, 5) is 51.5. The highest BCUT2D eigenvalue weighted by molar-refractivity contribution is 7.08. The fourth-order valence-corrected chi connectivity index (χ4v) is 11.5. The predicted octanol–water partition coefficient (Wildman–Crippen LogP) is 12.1. The first kappa shape index (κ1) is 59.7. The zero-order valence-corrected chi connectivity index (χ0v) is 49.4. The van der Waals surface area contributed by atoms with E-state index in [-0.39, 0.29) is 12.6 Å². The van der Waals surface area contributed by atoms with Gasteiger partial charge >= 0.3 is 25.4 Å². The van der Waals surface area contributed by atoms with Gasteiger partial charge in [-0.1, -0.05) is 42.6 Å². The van der Waals surface area contributed by atoms with Gasteiger partial charge < -0.3 is 49.0 Å². The molecule has 0 radical (unpaired) electrons. The number of halogens is 4. The predicted molar refractivity (Wildman–Crippen MR) is 317 cm³/mol. The Morgan fingerprint density at radius 3 is 1.70 bits per heavy atom. The molecule has 0 aliphatic carbocycles. The summed E-state index contributed by atoms with van der Waals surface area (Å²) in [5, 5.41) is 10.6. The fraction of sp³-hybridized carbons (Fsp3) is 0.483. The first-order valence-corrected chi connectivity index (χ1v) is 29.8. The van der Waals surface area contributed by atoms with Gasteiger partial charge in [-0.05, 0) is 137 Å². The van der Waals surface area contributed by atoms with Gasteiger partial charge in [0, 0.05) is 85.9 Å². The number of likely N-dealkylation sites (tertiary alicyclic amines) is 2. The number of urea groups is 2. The Morgan fingerprint density at radius 1 is 0.679 bits per heavy atom. The van der Waals surface area contributed by atoms with E-state index in [0.717, 1.165) is 133 Å². The quantitative estimate of drug-likeness (QED) is 0.125. The Bertz CT molecular complexity index is 3080. The van der Waals surface area contributed by atoms with Crippen LogP contribution >= 0.6 is 34.3 Å². The van der Waals surface area contributed by atoms with Gasteiger partial charge in [0.05, 0.1) is 71.4 Å². The molecule has 5 aliphatic rings. The summed E-state index contributed by atoms with van der Waals surface area (Å²) in [5.41, 5.74) is 12.6. The van der Waals surface area contributed by atoms with Crippen molar-refractivity contribution in [1.29, 1.82) is 0 Å². The molecule has 2 atom stereocenters. The van der Waals surface area contributed by atoms with Crippen LogP contribution in [0, 0.1) is 25.7 Å². The van der Waals surface area contributed by atoms with Crippen LogP contribution in [0.4, 0.5) is 45.8 Å². The van der Waals surface area contributed by atoms with E-state index < -0.39 is 42.9 Å². The van der Waals surface area contributed by atoms with Gasteiger partial charge in [0.15, 0.2) is 0 Å². The summed E-state index contributed by atoms with van der Waals surface area (Å²) >= 11 is 9.28. The molecule has 5 saturated heterocycles. The van der Waals surface area contributed by atoms with Crippen LogP contribution in [0.1, 0.15) is 71.4 Å². The van der Waals surface area contributed by atoms with Gasteiger partial charge in [-0.2, -0.15) is 13.2 Å². The number of thiazole rings is 2. The SMILES string of the molecule is CC[C@@H]1CCN(C(=O)Nc2ccc(C)c(-c3cc(-c4cscn4)nc(N4CCOCC4)c3)c2)C1.Cc1ccc(NC(=O)N2CC[C@@H](CC(F)(F)F)C2)cc1B1OC(C)(C)C(C)(C)O1.Clc1cc(-c2cscn2)nc(N2CCOCC2)c1. The smallest absolute Gasteiger partial charge is 0.399 e. The van der Waals surface area contributed by atoms with E-state index in [9.17, 15) is 22.8 Å². The highest BCUT2D eigenvalue weighted by Crippen LogP contribution is 2.38. The van der Waals surface area contributed by atoms with Crippen LogP contribution in [-0.4, -0.2) is 145 Å². The number of aryl methyl sites for hydroxylation is 2. The molecule has 5 fully saturated rings. The summed E-state index contributed by atoms with van der Waals surface area (Å²) in [6.45, 7) is 22.4. The van der Waals surface area contributed by atoms with Gasteiger partial charge in [0.25, 0.3) is 0 Å². The second-order valence-electron chi connectivity index (χ2n) is 22.1. The van der Waals surface area contributed by atoms with Crippen molar-refractivity contribution in [3.05, 3.63) is 98.6 Å². The van der Waals surface area contributed by atoms with Crippen molar-refractivity contribution in [2.45, 2.75) is 91.5 Å². The molecular weight excluding hydrogens is 1100 g/mol. The number of alkyl halides is 3. The van der Waals surface area contributed by atoms with Gasteiger partial charge in [0.1, 0.15) is 11.6 Å². The molecule has 2 N–H and O–H groups in total. The largest absolute Gasteiger partial charge is 0.495 e. The van der Waals surface area contributed by atoms with Crippen molar-refractivity contribution in [1.82, 2.24) is 29.7 Å². The van der Waals surface area contributed by atoms with E-state index in [1.54, 1.807) is 40.3 Å². The maximum absolute atomic E-state index is 12.9. The van der Waals surface area contributed by atoms with Crippen LogP contribution in [0.3, 0.4) is 0 Å². The van der Waals surface area contributed by atoms with Crippen LogP contribution in [-0.2, 0) is 18.8 Å². The average Bonchev–Trinajstić information content (AvgIpc) is 4.39. The number of anilines is 4. The third-order valence-corrected chi connectivity index (χ3v) is 17.1. The number of carbonyl (C=O) groups is 2. The highest BCUT2D eigenvalue weighted by atomic mass is 35.5. The van der Waals surface area contributed by atoms with E-state index in [0.29, 0.717) is 42.8 Å². The van der Waals surface area contributed by atoms with Gasteiger partial charge in [0.2, 0.25) is 0 Å². The Morgan fingerprint density at radius 2 is 1.19 bits per heavy atom. The summed E-state index contributed by atoms with van der Waals surface area (Å²) < 4.78 is 60.8. The first-order chi connectivity index (χ1) is 38.7. The lowest BCUT2D eigenvalue weighted by Crippen LogP contribution is -2.41. The number of amides is 4. The summed E-state index contributed by atoms with van der Waals surface area (Å²) in [6.07, 6.45) is -2.49.